The van der Waals surface area contributed by atoms with Gasteiger partial charge in [0.05, 0.1) is 6.10 Å². The topological polar surface area (TPSA) is 71.1 Å². The second kappa shape index (κ2) is 11.1. The third-order valence-corrected chi connectivity index (χ3v) is 6.19. The zero-order chi connectivity index (χ0) is 24.0. The van der Waals surface area contributed by atoms with Gasteiger partial charge in [-0.15, -0.1) is 0 Å². The number of ether oxygens (including phenoxy) is 4. The molecule has 7 heteroatoms. The first-order chi connectivity index (χ1) is 15.7. The Balaban J connectivity index is 1.91. The van der Waals surface area contributed by atoms with Crippen LogP contribution in [0, 0.1) is 0 Å². The number of methoxy groups -OCH3 is 1. The second-order valence-corrected chi connectivity index (χ2v) is 8.73. The molecule has 1 saturated heterocycles. The molecule has 1 unspecified atom stereocenters. The van der Waals surface area contributed by atoms with Gasteiger partial charge in [-0.25, -0.2) is 0 Å². The van der Waals surface area contributed by atoms with Crippen LogP contribution in [0.3, 0.4) is 0 Å². The average Bonchev–Trinajstić information content (AvgIpc) is 2.79. The normalized spacial score (nSPS) is 22.6. The molecule has 1 aliphatic heterocycles. The van der Waals surface area contributed by atoms with Crippen molar-refractivity contribution in [1.82, 2.24) is 0 Å². The smallest absolute Gasteiger partial charge is 0.302 e. The summed E-state index contributed by atoms with van der Waals surface area (Å²) in [6.07, 6.45) is 1.42. The Morgan fingerprint density at radius 3 is 2.39 bits per heavy atom. The number of rotatable bonds is 8. The molecule has 2 aromatic carbocycles. The SMILES string of the molecule is CCc1ccc(Cc2cc(C3(OC)C[C@@H](OC(C)=O)C[C@@H](COC(C)=O)O3)ccc2Cl)cc1. The summed E-state index contributed by atoms with van der Waals surface area (Å²) in [4.78, 5) is 23.0. The highest BCUT2D eigenvalue weighted by molar-refractivity contribution is 6.31. The predicted octanol–water partition coefficient (Wildman–Crippen LogP) is 4.97. The maximum Gasteiger partial charge on any atom is 0.302 e. The van der Waals surface area contributed by atoms with Gasteiger partial charge in [0.15, 0.2) is 5.79 Å². The third kappa shape index (κ3) is 6.56. The highest BCUT2D eigenvalue weighted by Crippen LogP contribution is 2.41. The van der Waals surface area contributed by atoms with E-state index in [1.807, 2.05) is 18.2 Å². The van der Waals surface area contributed by atoms with Gasteiger partial charge in [-0.05, 0) is 41.7 Å². The van der Waals surface area contributed by atoms with Crippen molar-refractivity contribution in [3.63, 3.8) is 0 Å². The van der Waals surface area contributed by atoms with Crippen LogP contribution in [-0.4, -0.2) is 37.9 Å². The maximum atomic E-state index is 11.7. The summed E-state index contributed by atoms with van der Waals surface area (Å²) in [6.45, 7) is 4.88. The lowest BCUT2D eigenvalue weighted by Crippen LogP contribution is -2.48. The number of esters is 2. The largest absolute Gasteiger partial charge is 0.463 e. The first-order valence-electron chi connectivity index (χ1n) is 11.1. The van der Waals surface area contributed by atoms with Crippen LogP contribution in [0.5, 0.6) is 0 Å². The molecular formula is C26H31ClO6. The summed E-state index contributed by atoms with van der Waals surface area (Å²) in [5.74, 6) is -1.96. The highest BCUT2D eigenvalue weighted by atomic mass is 35.5. The number of carbonyl (C=O) groups excluding carboxylic acids is 2. The molecule has 3 atom stereocenters. The quantitative estimate of drug-likeness (QED) is 0.503. The van der Waals surface area contributed by atoms with Crippen molar-refractivity contribution < 1.29 is 28.5 Å². The third-order valence-electron chi connectivity index (χ3n) is 5.83. The molecule has 3 rings (SSSR count). The standard InChI is InChI=1S/C26H31ClO6/c1-5-19-6-8-20(9-7-19)12-21-13-22(10-11-25(21)27)26(30-4)15-23(32-18(3)29)14-24(33-26)16-31-17(2)28/h6-11,13,23-24H,5,12,14-16H2,1-4H3/t23-,24-,26?/m0/s1. The molecule has 178 valence electrons. The van der Waals surface area contributed by atoms with E-state index >= 15 is 0 Å². The van der Waals surface area contributed by atoms with E-state index in [4.69, 9.17) is 30.5 Å². The van der Waals surface area contributed by atoms with E-state index in [1.54, 1.807) is 7.11 Å². The molecule has 6 nitrogen and oxygen atoms in total. The van der Waals surface area contributed by atoms with E-state index in [1.165, 1.54) is 19.4 Å². The fourth-order valence-corrected chi connectivity index (χ4v) is 4.36. The molecule has 0 saturated carbocycles. The summed E-state index contributed by atoms with van der Waals surface area (Å²) in [6, 6.07) is 14.1. The molecular weight excluding hydrogens is 444 g/mol. The number of hydrogen-bond acceptors (Lipinski definition) is 6. The van der Waals surface area contributed by atoms with Crippen LogP contribution in [0.2, 0.25) is 5.02 Å². The van der Waals surface area contributed by atoms with Gasteiger partial charge >= 0.3 is 11.9 Å². The summed E-state index contributed by atoms with van der Waals surface area (Å²) >= 11 is 6.53. The van der Waals surface area contributed by atoms with Crippen molar-refractivity contribution in [3.05, 3.63) is 69.7 Å². The van der Waals surface area contributed by atoms with E-state index in [0.717, 1.165) is 23.1 Å². The number of benzene rings is 2. The van der Waals surface area contributed by atoms with E-state index in [-0.39, 0.29) is 12.6 Å². The van der Waals surface area contributed by atoms with E-state index in [0.29, 0.717) is 24.3 Å². The first-order valence-corrected chi connectivity index (χ1v) is 11.5. The van der Waals surface area contributed by atoms with Crippen molar-refractivity contribution in [2.24, 2.45) is 0 Å². The van der Waals surface area contributed by atoms with Gasteiger partial charge in [0.25, 0.3) is 0 Å². The monoisotopic (exact) mass is 474 g/mol. The minimum Gasteiger partial charge on any atom is -0.463 e. The number of aryl methyl sites for hydroxylation is 1. The number of halogens is 1. The summed E-state index contributed by atoms with van der Waals surface area (Å²) in [5, 5.41) is 0.647. The predicted molar refractivity (Wildman–Crippen MR) is 125 cm³/mol. The summed E-state index contributed by atoms with van der Waals surface area (Å²) < 4.78 is 22.9. The average molecular weight is 475 g/mol. The molecule has 0 aromatic heterocycles. The zero-order valence-corrected chi connectivity index (χ0v) is 20.3. The maximum absolute atomic E-state index is 11.7. The lowest BCUT2D eigenvalue weighted by molar-refractivity contribution is -0.300. The summed E-state index contributed by atoms with van der Waals surface area (Å²) in [7, 11) is 1.55. The van der Waals surface area contributed by atoms with Gasteiger partial charge in [-0.2, -0.15) is 0 Å². The fourth-order valence-electron chi connectivity index (χ4n) is 4.17. The molecule has 2 aromatic rings. The molecule has 0 amide bonds. The zero-order valence-electron chi connectivity index (χ0n) is 19.6. The van der Waals surface area contributed by atoms with Crippen LogP contribution in [0.4, 0.5) is 0 Å². The first kappa shape index (κ1) is 25.2. The molecule has 1 heterocycles. The Morgan fingerprint density at radius 1 is 1.09 bits per heavy atom. The van der Waals surface area contributed by atoms with Gasteiger partial charge in [0.2, 0.25) is 0 Å². The Bertz CT molecular complexity index is 973. The van der Waals surface area contributed by atoms with Gasteiger partial charge < -0.3 is 18.9 Å². The Labute approximate surface area is 200 Å². The molecule has 1 fully saturated rings. The molecule has 0 radical (unpaired) electrons. The number of hydrogen-bond donors (Lipinski definition) is 0. The van der Waals surface area contributed by atoms with Crippen molar-refractivity contribution in [1.29, 1.82) is 0 Å². The molecule has 0 N–H and O–H groups in total. The molecule has 0 aliphatic carbocycles. The summed E-state index contributed by atoms with van der Waals surface area (Å²) in [5.41, 5.74) is 4.12. The van der Waals surface area contributed by atoms with Gasteiger partial charge in [0.1, 0.15) is 12.7 Å². The van der Waals surface area contributed by atoms with Gasteiger partial charge in [-0.3, -0.25) is 9.59 Å². The van der Waals surface area contributed by atoms with Gasteiger partial charge in [0, 0.05) is 44.4 Å². The van der Waals surface area contributed by atoms with Crippen molar-refractivity contribution >= 4 is 23.5 Å². The van der Waals surface area contributed by atoms with Crippen LogP contribution in [0.15, 0.2) is 42.5 Å². The van der Waals surface area contributed by atoms with Crippen molar-refractivity contribution in [2.45, 2.75) is 64.4 Å². The Hall–Kier alpha value is -2.41. The van der Waals surface area contributed by atoms with Crippen molar-refractivity contribution in [3.8, 4) is 0 Å². The van der Waals surface area contributed by atoms with Crippen LogP contribution in [-0.2, 0) is 47.2 Å². The lowest BCUT2D eigenvalue weighted by atomic mass is 9.90. The van der Waals surface area contributed by atoms with E-state index in [2.05, 4.69) is 31.2 Å². The fraction of sp³-hybridized carbons (Fsp3) is 0.462. The Morgan fingerprint density at radius 2 is 1.79 bits per heavy atom. The molecule has 1 aliphatic rings. The van der Waals surface area contributed by atoms with Crippen molar-refractivity contribution in [2.75, 3.05) is 13.7 Å². The van der Waals surface area contributed by atoms with E-state index < -0.39 is 24.0 Å². The lowest BCUT2D eigenvalue weighted by Gasteiger charge is -2.43. The minimum absolute atomic E-state index is 0.0441. The highest BCUT2D eigenvalue weighted by Gasteiger charge is 2.45. The molecule has 0 bridgehead atoms. The van der Waals surface area contributed by atoms with E-state index in [9.17, 15) is 9.59 Å². The van der Waals surface area contributed by atoms with Crippen LogP contribution in [0.1, 0.15) is 55.9 Å². The van der Waals surface area contributed by atoms with Gasteiger partial charge in [-0.1, -0.05) is 48.9 Å². The van der Waals surface area contributed by atoms with Crippen LogP contribution >= 0.6 is 11.6 Å². The van der Waals surface area contributed by atoms with Crippen LogP contribution < -0.4 is 0 Å². The number of carbonyl (C=O) groups is 2. The molecule has 33 heavy (non-hydrogen) atoms. The second-order valence-electron chi connectivity index (χ2n) is 8.32. The van der Waals surface area contributed by atoms with Crippen LogP contribution in [0.25, 0.3) is 0 Å². The minimum atomic E-state index is -1.17. The molecule has 0 spiro atoms. The Kier molecular flexibility index (Phi) is 8.51.